The summed E-state index contributed by atoms with van der Waals surface area (Å²) < 4.78 is 14.4. The van der Waals surface area contributed by atoms with E-state index < -0.39 is 73.4 Å². The Kier molecular flexibility index (Phi) is 12.9. The van der Waals surface area contributed by atoms with Crippen LogP contribution in [0.4, 0.5) is 0 Å². The summed E-state index contributed by atoms with van der Waals surface area (Å²) in [4.78, 5) is 22.2. The standard InChI is InChI=1S/C12H18O13.2K/c13-1-2(14)7(9(18)19)25-12(5(1)17)24-6-3(15)4(16)11(22)23-8(6)10(20)21;;/h1-8,11-17,22H,(H,18,19)(H,20,21);;/t1-,2-,3+,4-,5-,6-,7?,8?,11+,12+;;/m0../s1. The van der Waals surface area contributed by atoms with Crippen molar-refractivity contribution in [2.75, 3.05) is 0 Å². The number of hydrogen-bond donors (Lipinski definition) is 8. The number of carbonyl (C=O) groups is 2. The van der Waals surface area contributed by atoms with Gasteiger partial charge in [-0.25, -0.2) is 9.59 Å². The molecule has 0 aliphatic carbocycles. The van der Waals surface area contributed by atoms with Crippen LogP contribution in [0.1, 0.15) is 0 Å². The number of aliphatic hydroxyl groups excluding tert-OH is 6. The molecule has 8 N–H and O–H groups in total. The van der Waals surface area contributed by atoms with Gasteiger partial charge in [-0.05, 0) is 0 Å². The van der Waals surface area contributed by atoms with Crippen LogP contribution in [0.3, 0.4) is 0 Å². The van der Waals surface area contributed by atoms with Gasteiger partial charge in [0.05, 0.1) is 0 Å². The van der Waals surface area contributed by atoms with Crippen molar-refractivity contribution < 1.29 is 64.7 Å². The summed E-state index contributed by atoms with van der Waals surface area (Å²) in [5.41, 5.74) is 0. The van der Waals surface area contributed by atoms with E-state index in [1.54, 1.807) is 0 Å². The fourth-order valence-corrected chi connectivity index (χ4v) is 2.52. The Hall–Kier alpha value is 1.85. The van der Waals surface area contributed by atoms with Crippen molar-refractivity contribution in [2.24, 2.45) is 0 Å². The van der Waals surface area contributed by atoms with E-state index in [0.29, 0.717) is 0 Å². The van der Waals surface area contributed by atoms with Crippen molar-refractivity contribution in [3.05, 3.63) is 0 Å². The minimum absolute atomic E-state index is 0. The molecule has 0 aromatic carbocycles. The van der Waals surface area contributed by atoms with Gasteiger partial charge < -0.3 is 55.1 Å². The van der Waals surface area contributed by atoms with Crippen LogP contribution >= 0.6 is 0 Å². The monoisotopic (exact) mass is 448 g/mol. The van der Waals surface area contributed by atoms with E-state index in [1.807, 2.05) is 0 Å². The maximum atomic E-state index is 11.2. The molecular weight excluding hydrogens is 430 g/mol. The van der Waals surface area contributed by atoms with Crippen LogP contribution in [0.2, 0.25) is 0 Å². The molecule has 27 heavy (non-hydrogen) atoms. The normalized spacial score (nSPS) is 44.5. The maximum Gasteiger partial charge on any atom is 0.335 e. The average molecular weight is 448 g/mol. The summed E-state index contributed by atoms with van der Waals surface area (Å²) >= 11 is 0. The number of ether oxygens (including phenoxy) is 3. The van der Waals surface area contributed by atoms with Gasteiger partial charge in [-0.3, -0.25) is 0 Å². The third-order valence-corrected chi connectivity index (χ3v) is 3.91. The molecule has 2 rings (SSSR count). The van der Waals surface area contributed by atoms with Crippen molar-refractivity contribution in [2.45, 2.75) is 61.4 Å². The smallest absolute Gasteiger partial charge is 0.335 e. The fraction of sp³-hybridized carbons (Fsp3) is 0.833. The molecule has 2 unspecified atom stereocenters. The quantitative estimate of drug-likeness (QED) is 0.188. The first kappa shape index (κ1) is 28.9. The fourth-order valence-electron chi connectivity index (χ4n) is 2.52. The molecule has 0 aromatic rings. The molecule has 146 valence electrons. The molecule has 15 heteroatoms. The molecule has 0 aromatic heterocycles. The zero-order chi connectivity index (χ0) is 19.0. The van der Waals surface area contributed by atoms with Crippen molar-refractivity contribution in [3.8, 4) is 0 Å². The molecule has 0 saturated carbocycles. The van der Waals surface area contributed by atoms with E-state index in [-0.39, 0.29) is 103 Å². The summed E-state index contributed by atoms with van der Waals surface area (Å²) in [5, 5.41) is 75.9. The van der Waals surface area contributed by atoms with Gasteiger partial charge in [0.2, 0.25) is 0 Å². The van der Waals surface area contributed by atoms with Gasteiger partial charge in [-0.1, -0.05) is 0 Å². The number of rotatable bonds is 4. The topological polar surface area (TPSA) is 224 Å². The molecule has 2 aliphatic heterocycles. The van der Waals surface area contributed by atoms with E-state index in [0.717, 1.165) is 0 Å². The molecule has 2 fully saturated rings. The van der Waals surface area contributed by atoms with Crippen LogP contribution in [0.15, 0.2) is 0 Å². The minimum atomic E-state index is -2.03. The van der Waals surface area contributed by atoms with E-state index in [4.69, 9.17) is 19.7 Å². The van der Waals surface area contributed by atoms with E-state index in [2.05, 4.69) is 4.74 Å². The Balaban J connectivity index is 0.00000338. The summed E-state index contributed by atoms with van der Waals surface area (Å²) in [6.07, 6.45) is -19.9. The predicted molar refractivity (Wildman–Crippen MR) is 81.2 cm³/mol. The van der Waals surface area contributed by atoms with Crippen LogP contribution in [0.25, 0.3) is 0 Å². The van der Waals surface area contributed by atoms with Crippen LogP contribution < -0.4 is 0 Å². The van der Waals surface area contributed by atoms with Crippen molar-refractivity contribution in [1.29, 1.82) is 0 Å². The summed E-state index contributed by atoms with van der Waals surface area (Å²) in [5.74, 6) is -3.39. The van der Waals surface area contributed by atoms with Gasteiger partial charge in [-0.2, -0.15) is 0 Å². The van der Waals surface area contributed by atoms with Crippen molar-refractivity contribution >= 4 is 115 Å². The largest absolute Gasteiger partial charge is 0.479 e. The van der Waals surface area contributed by atoms with Crippen LogP contribution in [0.5, 0.6) is 0 Å². The summed E-state index contributed by atoms with van der Waals surface area (Å²) in [6, 6.07) is 0. The van der Waals surface area contributed by atoms with Gasteiger partial charge in [-0.15, -0.1) is 0 Å². The summed E-state index contributed by atoms with van der Waals surface area (Å²) in [7, 11) is 0. The van der Waals surface area contributed by atoms with Crippen LogP contribution in [-0.4, -0.2) is 217 Å². The Morgan fingerprint density at radius 3 is 1.67 bits per heavy atom. The SMILES string of the molecule is O=C(O)C1O[C@@H](O[C@@H]2C(C(=O)O)O[C@@H](O)[C@@H](O)[C@H]2O)[C@@H](O)[C@@H](O)[C@@H]1O.[K].[K]. The van der Waals surface area contributed by atoms with Crippen molar-refractivity contribution in [3.63, 3.8) is 0 Å². The van der Waals surface area contributed by atoms with Crippen LogP contribution in [0, 0.1) is 0 Å². The molecule has 13 nitrogen and oxygen atoms in total. The maximum absolute atomic E-state index is 11.2. The number of aliphatic hydroxyl groups is 6. The third-order valence-electron chi connectivity index (χ3n) is 3.91. The second-order valence-electron chi connectivity index (χ2n) is 5.60. The third kappa shape index (κ3) is 6.42. The second kappa shape index (κ2) is 12.0. The van der Waals surface area contributed by atoms with Gasteiger partial charge in [0.1, 0.15) is 36.6 Å². The first-order valence-corrected chi connectivity index (χ1v) is 7.06. The molecule has 2 aliphatic rings. The molecular formula is C12H18K2O13. The van der Waals surface area contributed by atoms with E-state index in [9.17, 15) is 40.2 Å². The Labute approximate surface area is 237 Å². The van der Waals surface area contributed by atoms with Gasteiger partial charge in [0, 0.05) is 103 Å². The minimum Gasteiger partial charge on any atom is -0.479 e. The Bertz CT molecular complexity index is 522. The van der Waals surface area contributed by atoms with E-state index >= 15 is 0 Å². The zero-order valence-corrected chi connectivity index (χ0v) is 20.6. The Morgan fingerprint density at radius 1 is 0.667 bits per heavy atom. The average Bonchev–Trinajstić information content (AvgIpc) is 2.54. The van der Waals surface area contributed by atoms with Gasteiger partial charge in [0.15, 0.2) is 24.8 Å². The van der Waals surface area contributed by atoms with Crippen molar-refractivity contribution in [1.82, 2.24) is 0 Å². The molecule has 2 radical (unpaired) electrons. The molecule has 0 amide bonds. The summed E-state index contributed by atoms with van der Waals surface area (Å²) in [6.45, 7) is 0. The molecule has 10 atom stereocenters. The Morgan fingerprint density at radius 2 is 1.19 bits per heavy atom. The number of hydrogen-bond acceptors (Lipinski definition) is 11. The zero-order valence-electron chi connectivity index (χ0n) is 14.4. The predicted octanol–water partition coefficient (Wildman–Crippen LogP) is -5.97. The van der Waals surface area contributed by atoms with Crippen LogP contribution in [-0.2, 0) is 23.8 Å². The first-order chi connectivity index (χ1) is 11.6. The first-order valence-electron chi connectivity index (χ1n) is 7.06. The van der Waals surface area contributed by atoms with Gasteiger partial charge >= 0.3 is 11.9 Å². The molecule has 0 spiro atoms. The molecule has 2 saturated heterocycles. The number of carboxylic acids is 2. The molecule has 2 heterocycles. The molecule has 0 bridgehead atoms. The second-order valence-corrected chi connectivity index (χ2v) is 5.60. The van der Waals surface area contributed by atoms with E-state index in [1.165, 1.54) is 0 Å². The number of carboxylic acid groups (broad SMARTS) is 2. The number of aliphatic carboxylic acids is 2. The van der Waals surface area contributed by atoms with Gasteiger partial charge in [0.25, 0.3) is 0 Å².